The number of pyridine rings is 1. The van der Waals surface area contributed by atoms with Crippen LogP contribution < -0.4 is 0 Å². The fraction of sp³-hybridized carbons (Fsp3) is 0. The van der Waals surface area contributed by atoms with Crippen LogP contribution in [0.15, 0.2) is 61.1 Å². The van der Waals surface area contributed by atoms with Crippen molar-refractivity contribution in [3.8, 4) is 22.6 Å². The average Bonchev–Trinajstić information content (AvgIpc) is 2.99. The number of nitrogens with zero attached hydrogens (tertiary/aromatic N) is 5. The van der Waals surface area contributed by atoms with Gasteiger partial charge in [-0.2, -0.15) is 4.98 Å². The second-order valence-corrected chi connectivity index (χ2v) is 5.18. The van der Waals surface area contributed by atoms with E-state index in [-0.39, 0.29) is 0 Å². The Bertz CT molecular complexity index is 949. The SMILES string of the molecule is Clc1ccnc(-c2nc3ncc(-c4ccccc4)cn3n2)c1. The monoisotopic (exact) mass is 307 g/mol. The standard InChI is InChI=1S/C16H10ClN5/c17-13-6-7-18-14(8-13)15-20-16-19-9-12(10-22(16)21-15)11-4-2-1-3-5-11/h1-10H. The Balaban J connectivity index is 1.82. The van der Waals surface area contributed by atoms with E-state index in [2.05, 4.69) is 20.1 Å². The lowest BCUT2D eigenvalue weighted by Gasteiger charge is -2.00. The molecule has 0 spiro atoms. The van der Waals surface area contributed by atoms with Gasteiger partial charge >= 0.3 is 0 Å². The molecule has 4 aromatic rings. The summed E-state index contributed by atoms with van der Waals surface area (Å²) in [5.74, 6) is 1.02. The summed E-state index contributed by atoms with van der Waals surface area (Å²) in [6, 6.07) is 13.5. The number of halogens is 1. The average molecular weight is 308 g/mol. The molecule has 0 amide bonds. The summed E-state index contributed by atoms with van der Waals surface area (Å²) in [6.07, 6.45) is 5.32. The van der Waals surface area contributed by atoms with Crippen LogP contribution in [0.3, 0.4) is 0 Å². The smallest absolute Gasteiger partial charge is 0.252 e. The van der Waals surface area contributed by atoms with E-state index in [9.17, 15) is 0 Å². The number of fused-ring (bicyclic) bond motifs is 1. The molecule has 0 aliphatic carbocycles. The molecule has 0 atom stereocenters. The van der Waals surface area contributed by atoms with E-state index in [4.69, 9.17) is 11.6 Å². The van der Waals surface area contributed by atoms with Crippen LogP contribution in [0.5, 0.6) is 0 Å². The Morgan fingerprint density at radius 3 is 2.64 bits per heavy atom. The molecule has 0 fully saturated rings. The van der Waals surface area contributed by atoms with Gasteiger partial charge in [0.05, 0.1) is 0 Å². The van der Waals surface area contributed by atoms with Crippen LogP contribution in [-0.2, 0) is 0 Å². The lowest BCUT2D eigenvalue weighted by atomic mass is 10.1. The first-order valence-corrected chi connectivity index (χ1v) is 7.07. The third kappa shape index (κ3) is 2.31. The van der Waals surface area contributed by atoms with Crippen molar-refractivity contribution >= 4 is 17.4 Å². The Labute approximate surface area is 131 Å². The van der Waals surface area contributed by atoms with Crippen LogP contribution in [0.1, 0.15) is 0 Å². The fourth-order valence-corrected chi connectivity index (χ4v) is 2.36. The normalized spacial score (nSPS) is 11.0. The molecule has 4 rings (SSSR count). The molecule has 3 aromatic heterocycles. The summed E-state index contributed by atoms with van der Waals surface area (Å²) in [5.41, 5.74) is 2.68. The van der Waals surface area contributed by atoms with Crippen LogP contribution >= 0.6 is 11.6 Å². The van der Waals surface area contributed by atoms with Gasteiger partial charge in [0.2, 0.25) is 5.82 Å². The Hall–Kier alpha value is -2.79. The maximum Gasteiger partial charge on any atom is 0.252 e. The molecule has 0 aliphatic heterocycles. The first-order chi connectivity index (χ1) is 10.8. The van der Waals surface area contributed by atoms with Crippen molar-refractivity contribution in [3.05, 3.63) is 66.1 Å². The van der Waals surface area contributed by atoms with Gasteiger partial charge in [-0.15, -0.1) is 5.10 Å². The quantitative estimate of drug-likeness (QED) is 0.568. The van der Waals surface area contributed by atoms with Gasteiger partial charge in [0.25, 0.3) is 5.78 Å². The number of benzene rings is 1. The molecule has 0 bridgehead atoms. The van der Waals surface area contributed by atoms with Crippen molar-refractivity contribution in [3.63, 3.8) is 0 Å². The van der Waals surface area contributed by atoms with Crippen molar-refractivity contribution in [2.24, 2.45) is 0 Å². The van der Waals surface area contributed by atoms with E-state index < -0.39 is 0 Å². The highest BCUT2D eigenvalue weighted by Crippen LogP contribution is 2.20. The molecule has 6 heteroatoms. The molecule has 22 heavy (non-hydrogen) atoms. The van der Waals surface area contributed by atoms with Gasteiger partial charge in [0.1, 0.15) is 5.69 Å². The van der Waals surface area contributed by atoms with Gasteiger partial charge in [0, 0.05) is 29.2 Å². The summed E-state index contributed by atoms with van der Waals surface area (Å²) in [6.45, 7) is 0. The summed E-state index contributed by atoms with van der Waals surface area (Å²) in [7, 11) is 0. The van der Waals surface area contributed by atoms with Crippen LogP contribution in [0.25, 0.3) is 28.4 Å². The maximum atomic E-state index is 5.98. The van der Waals surface area contributed by atoms with Crippen molar-refractivity contribution < 1.29 is 0 Å². The fourth-order valence-electron chi connectivity index (χ4n) is 2.20. The Kier molecular flexibility index (Phi) is 3.05. The molecule has 0 N–H and O–H groups in total. The number of rotatable bonds is 2. The highest BCUT2D eigenvalue weighted by atomic mass is 35.5. The molecule has 1 aromatic carbocycles. The summed E-state index contributed by atoms with van der Waals surface area (Å²) < 4.78 is 1.65. The lowest BCUT2D eigenvalue weighted by Crippen LogP contribution is -1.92. The first-order valence-electron chi connectivity index (χ1n) is 6.69. The molecule has 0 aliphatic rings. The van der Waals surface area contributed by atoms with Gasteiger partial charge in [-0.1, -0.05) is 41.9 Å². The van der Waals surface area contributed by atoms with Crippen LogP contribution in [0.4, 0.5) is 0 Å². The van der Waals surface area contributed by atoms with Crippen LogP contribution in [-0.4, -0.2) is 24.6 Å². The predicted molar refractivity (Wildman–Crippen MR) is 84.5 cm³/mol. The van der Waals surface area contributed by atoms with Gasteiger partial charge < -0.3 is 0 Å². The van der Waals surface area contributed by atoms with Gasteiger partial charge in [-0.05, 0) is 17.7 Å². The van der Waals surface area contributed by atoms with E-state index in [1.807, 2.05) is 36.5 Å². The van der Waals surface area contributed by atoms with Gasteiger partial charge in [0.15, 0.2) is 0 Å². The van der Waals surface area contributed by atoms with Crippen LogP contribution in [0.2, 0.25) is 5.02 Å². The molecular weight excluding hydrogens is 298 g/mol. The summed E-state index contributed by atoms with van der Waals surface area (Å²) >= 11 is 5.98. The van der Waals surface area contributed by atoms with Crippen LogP contribution in [0, 0.1) is 0 Å². The Morgan fingerprint density at radius 1 is 0.955 bits per heavy atom. The van der Waals surface area contributed by atoms with E-state index in [0.29, 0.717) is 22.3 Å². The minimum absolute atomic E-state index is 0.500. The molecule has 0 radical (unpaired) electrons. The number of hydrogen-bond donors (Lipinski definition) is 0. The first kappa shape index (κ1) is 12.9. The highest BCUT2D eigenvalue weighted by molar-refractivity contribution is 6.30. The van der Waals surface area contributed by atoms with Crippen molar-refractivity contribution in [2.75, 3.05) is 0 Å². The Morgan fingerprint density at radius 2 is 1.82 bits per heavy atom. The second kappa shape index (κ2) is 5.20. The molecule has 5 nitrogen and oxygen atoms in total. The van der Waals surface area contributed by atoms with E-state index in [1.165, 1.54) is 0 Å². The molecule has 0 saturated heterocycles. The molecule has 106 valence electrons. The zero-order valence-electron chi connectivity index (χ0n) is 11.4. The van der Waals surface area contributed by atoms with Crippen molar-refractivity contribution in [1.29, 1.82) is 0 Å². The van der Waals surface area contributed by atoms with Gasteiger partial charge in [-0.3, -0.25) is 4.98 Å². The lowest BCUT2D eigenvalue weighted by molar-refractivity contribution is 0.942. The largest absolute Gasteiger partial charge is 0.253 e. The topological polar surface area (TPSA) is 56.0 Å². The molecule has 0 unspecified atom stereocenters. The van der Waals surface area contributed by atoms with Crippen molar-refractivity contribution in [1.82, 2.24) is 24.6 Å². The predicted octanol–water partition coefficient (Wildman–Crippen LogP) is 3.51. The minimum Gasteiger partial charge on any atom is -0.253 e. The number of aromatic nitrogens is 5. The van der Waals surface area contributed by atoms with E-state index in [1.54, 1.807) is 29.0 Å². The van der Waals surface area contributed by atoms with E-state index in [0.717, 1.165) is 11.1 Å². The second-order valence-electron chi connectivity index (χ2n) is 4.75. The summed E-state index contributed by atoms with van der Waals surface area (Å²) in [5, 5.41) is 5.03. The molecular formula is C16H10ClN5. The zero-order chi connectivity index (χ0) is 14.9. The third-order valence-corrected chi connectivity index (χ3v) is 3.49. The minimum atomic E-state index is 0.500. The van der Waals surface area contributed by atoms with Crippen molar-refractivity contribution in [2.45, 2.75) is 0 Å². The van der Waals surface area contributed by atoms with E-state index >= 15 is 0 Å². The maximum absolute atomic E-state index is 5.98. The highest BCUT2D eigenvalue weighted by Gasteiger charge is 2.10. The zero-order valence-corrected chi connectivity index (χ0v) is 12.1. The molecule has 0 saturated carbocycles. The summed E-state index contributed by atoms with van der Waals surface area (Å²) in [4.78, 5) is 13.0. The van der Waals surface area contributed by atoms with Gasteiger partial charge in [-0.25, -0.2) is 9.50 Å². The molecule has 3 heterocycles. The number of hydrogen-bond acceptors (Lipinski definition) is 4. The third-order valence-electron chi connectivity index (χ3n) is 3.25.